The maximum absolute atomic E-state index is 12.0. The van der Waals surface area contributed by atoms with Gasteiger partial charge in [0.05, 0.1) is 13.1 Å². The molecule has 2 aliphatic rings. The molecule has 2 heterocycles. The van der Waals surface area contributed by atoms with Crippen molar-refractivity contribution in [2.75, 3.05) is 32.8 Å². The number of likely N-dealkylation sites (tertiary alicyclic amines) is 1. The molecule has 2 aliphatic heterocycles. The number of para-hydroxylation sites is 2. The van der Waals surface area contributed by atoms with Gasteiger partial charge in [-0.15, -0.1) is 0 Å². The summed E-state index contributed by atoms with van der Waals surface area (Å²) >= 11 is 0. The van der Waals surface area contributed by atoms with Crippen LogP contribution in [-0.2, 0) is 4.79 Å². The number of nitrogens with zero attached hydrogens (tertiary/aromatic N) is 1. The monoisotopic (exact) mass is 304 g/mol. The van der Waals surface area contributed by atoms with Gasteiger partial charge < -0.3 is 14.8 Å². The Bertz CT molecular complexity index is 512. The number of rotatable bonds is 4. The van der Waals surface area contributed by atoms with Crippen LogP contribution in [0.1, 0.15) is 19.8 Å². The molecule has 1 N–H and O–H groups in total. The summed E-state index contributed by atoms with van der Waals surface area (Å²) in [6, 6.07) is 7.62. The molecule has 5 nitrogen and oxygen atoms in total. The van der Waals surface area contributed by atoms with E-state index >= 15 is 0 Å². The fraction of sp³-hybridized carbons (Fsp3) is 0.588. The third kappa shape index (κ3) is 3.91. The Labute approximate surface area is 131 Å². The second-order valence-corrected chi connectivity index (χ2v) is 6.26. The van der Waals surface area contributed by atoms with E-state index in [0.717, 1.165) is 30.5 Å². The van der Waals surface area contributed by atoms with Gasteiger partial charge in [-0.3, -0.25) is 9.69 Å². The van der Waals surface area contributed by atoms with E-state index in [4.69, 9.17) is 9.47 Å². The van der Waals surface area contributed by atoms with Crippen LogP contribution in [0.3, 0.4) is 0 Å². The topological polar surface area (TPSA) is 50.8 Å². The van der Waals surface area contributed by atoms with Crippen LogP contribution in [0.4, 0.5) is 0 Å². The van der Waals surface area contributed by atoms with E-state index in [1.807, 2.05) is 24.3 Å². The normalized spacial score (nSPS) is 22.3. The molecule has 0 saturated carbocycles. The molecule has 0 bridgehead atoms. The molecule has 0 aromatic heterocycles. The van der Waals surface area contributed by atoms with Gasteiger partial charge in [0, 0.05) is 0 Å². The van der Waals surface area contributed by atoms with E-state index in [2.05, 4.69) is 17.1 Å². The second-order valence-electron chi connectivity index (χ2n) is 6.26. The van der Waals surface area contributed by atoms with Gasteiger partial charge in [0.1, 0.15) is 12.7 Å². The Morgan fingerprint density at radius 1 is 1.27 bits per heavy atom. The van der Waals surface area contributed by atoms with Gasteiger partial charge >= 0.3 is 0 Å². The van der Waals surface area contributed by atoms with Crippen molar-refractivity contribution >= 4 is 5.91 Å². The summed E-state index contributed by atoms with van der Waals surface area (Å²) in [4.78, 5) is 14.3. The van der Waals surface area contributed by atoms with Crippen LogP contribution in [0, 0.1) is 5.92 Å². The SMILES string of the molecule is CC1CCN(CC(=O)NC[C@H]2COc3ccccc3O2)CC1. The van der Waals surface area contributed by atoms with E-state index in [1.165, 1.54) is 12.8 Å². The average molecular weight is 304 g/mol. The quantitative estimate of drug-likeness (QED) is 0.919. The highest BCUT2D eigenvalue weighted by Gasteiger charge is 2.22. The lowest BCUT2D eigenvalue weighted by molar-refractivity contribution is -0.123. The number of hydrogen-bond acceptors (Lipinski definition) is 4. The Morgan fingerprint density at radius 3 is 2.77 bits per heavy atom. The van der Waals surface area contributed by atoms with E-state index in [0.29, 0.717) is 19.7 Å². The minimum atomic E-state index is -0.125. The summed E-state index contributed by atoms with van der Waals surface area (Å²) in [7, 11) is 0. The highest BCUT2D eigenvalue weighted by molar-refractivity contribution is 5.78. The molecular weight excluding hydrogens is 280 g/mol. The van der Waals surface area contributed by atoms with E-state index in [9.17, 15) is 4.79 Å². The number of piperidine rings is 1. The first-order valence-corrected chi connectivity index (χ1v) is 8.08. The molecule has 0 unspecified atom stereocenters. The van der Waals surface area contributed by atoms with Crippen LogP contribution < -0.4 is 14.8 Å². The van der Waals surface area contributed by atoms with Crippen LogP contribution in [0.15, 0.2) is 24.3 Å². The fourth-order valence-corrected chi connectivity index (χ4v) is 2.87. The summed E-state index contributed by atoms with van der Waals surface area (Å²) in [5, 5.41) is 2.96. The lowest BCUT2D eigenvalue weighted by atomic mass is 9.99. The first-order chi connectivity index (χ1) is 10.7. The highest BCUT2D eigenvalue weighted by Crippen LogP contribution is 2.30. The molecule has 120 valence electrons. The fourth-order valence-electron chi connectivity index (χ4n) is 2.87. The van der Waals surface area contributed by atoms with Gasteiger partial charge in [0.2, 0.25) is 5.91 Å². The van der Waals surface area contributed by atoms with Gasteiger partial charge in [0.15, 0.2) is 11.5 Å². The number of carbonyl (C=O) groups excluding carboxylic acids is 1. The number of benzene rings is 1. The zero-order valence-corrected chi connectivity index (χ0v) is 13.1. The zero-order valence-electron chi connectivity index (χ0n) is 13.1. The lowest BCUT2D eigenvalue weighted by Crippen LogP contribution is -2.45. The summed E-state index contributed by atoms with van der Waals surface area (Å²) in [6.45, 7) is 5.75. The molecular formula is C17H24N2O3. The Kier molecular flexibility index (Phi) is 4.83. The van der Waals surface area contributed by atoms with Gasteiger partial charge in [0.25, 0.3) is 0 Å². The van der Waals surface area contributed by atoms with Crippen molar-refractivity contribution in [3.63, 3.8) is 0 Å². The minimum absolute atomic E-state index is 0.0667. The number of fused-ring (bicyclic) bond motifs is 1. The summed E-state index contributed by atoms with van der Waals surface area (Å²) in [5.41, 5.74) is 0. The Balaban J connectivity index is 1.40. The average Bonchev–Trinajstić information content (AvgIpc) is 2.55. The molecule has 0 aliphatic carbocycles. The number of ether oxygens (including phenoxy) is 2. The second kappa shape index (κ2) is 7.01. The van der Waals surface area contributed by atoms with E-state index in [1.54, 1.807) is 0 Å². The third-order valence-electron chi connectivity index (χ3n) is 4.34. The third-order valence-corrected chi connectivity index (χ3v) is 4.34. The van der Waals surface area contributed by atoms with Crippen molar-refractivity contribution in [1.29, 1.82) is 0 Å². The molecule has 5 heteroatoms. The van der Waals surface area contributed by atoms with E-state index in [-0.39, 0.29) is 12.0 Å². The first-order valence-electron chi connectivity index (χ1n) is 8.08. The first kappa shape index (κ1) is 15.2. The number of amides is 1. The van der Waals surface area contributed by atoms with Crippen molar-refractivity contribution in [3.8, 4) is 11.5 Å². The van der Waals surface area contributed by atoms with Crippen LogP contribution in [0.25, 0.3) is 0 Å². The molecule has 1 amide bonds. The van der Waals surface area contributed by atoms with E-state index < -0.39 is 0 Å². The molecule has 1 fully saturated rings. The molecule has 1 atom stereocenters. The molecule has 22 heavy (non-hydrogen) atoms. The van der Waals surface area contributed by atoms with Crippen LogP contribution in [0.5, 0.6) is 11.5 Å². The van der Waals surface area contributed by atoms with Crippen molar-refractivity contribution < 1.29 is 14.3 Å². The maximum atomic E-state index is 12.0. The summed E-state index contributed by atoms with van der Waals surface area (Å²) < 4.78 is 11.5. The molecule has 0 radical (unpaired) electrons. The van der Waals surface area contributed by atoms with Crippen LogP contribution >= 0.6 is 0 Å². The molecule has 3 rings (SSSR count). The van der Waals surface area contributed by atoms with Crippen LogP contribution in [-0.4, -0.2) is 49.7 Å². The van der Waals surface area contributed by atoms with Gasteiger partial charge in [-0.2, -0.15) is 0 Å². The Morgan fingerprint density at radius 2 is 2.00 bits per heavy atom. The maximum Gasteiger partial charge on any atom is 0.234 e. The largest absolute Gasteiger partial charge is 0.486 e. The Hall–Kier alpha value is -1.75. The lowest BCUT2D eigenvalue weighted by Gasteiger charge is -2.30. The number of nitrogens with one attached hydrogen (secondary N) is 1. The molecule has 1 aromatic carbocycles. The standard InChI is InChI=1S/C17H24N2O3/c1-13-6-8-19(9-7-13)11-17(20)18-10-14-12-21-15-4-2-3-5-16(15)22-14/h2-5,13-14H,6-12H2,1H3,(H,18,20)/t14-/m0/s1. The molecule has 1 aromatic rings. The van der Waals surface area contributed by atoms with Gasteiger partial charge in [-0.1, -0.05) is 19.1 Å². The molecule has 1 saturated heterocycles. The minimum Gasteiger partial charge on any atom is -0.486 e. The predicted molar refractivity (Wildman–Crippen MR) is 84.2 cm³/mol. The highest BCUT2D eigenvalue weighted by atomic mass is 16.6. The number of carbonyl (C=O) groups is 1. The smallest absolute Gasteiger partial charge is 0.234 e. The van der Waals surface area contributed by atoms with Crippen molar-refractivity contribution in [2.45, 2.75) is 25.9 Å². The predicted octanol–water partition coefficient (Wildman–Crippen LogP) is 1.67. The van der Waals surface area contributed by atoms with Crippen molar-refractivity contribution in [3.05, 3.63) is 24.3 Å². The zero-order chi connectivity index (χ0) is 15.4. The van der Waals surface area contributed by atoms with Crippen molar-refractivity contribution in [2.24, 2.45) is 5.92 Å². The number of hydrogen-bond donors (Lipinski definition) is 1. The van der Waals surface area contributed by atoms with Gasteiger partial charge in [-0.25, -0.2) is 0 Å². The van der Waals surface area contributed by atoms with Crippen LogP contribution in [0.2, 0.25) is 0 Å². The molecule has 0 spiro atoms. The van der Waals surface area contributed by atoms with Crippen molar-refractivity contribution in [1.82, 2.24) is 10.2 Å². The van der Waals surface area contributed by atoms with Gasteiger partial charge in [-0.05, 0) is 44.0 Å². The summed E-state index contributed by atoms with van der Waals surface area (Å²) in [6.07, 6.45) is 2.24. The summed E-state index contributed by atoms with van der Waals surface area (Å²) in [5.74, 6) is 2.37.